The number of aryl methyl sites for hydroxylation is 1. The number of carbonyl (C=O) groups is 1. The molecule has 0 aliphatic carbocycles. The first kappa shape index (κ1) is 19.6. The molecule has 0 aliphatic heterocycles. The lowest BCUT2D eigenvalue weighted by Crippen LogP contribution is -2.26. The van der Waals surface area contributed by atoms with Gasteiger partial charge in [-0.05, 0) is 43.2 Å². The zero-order chi connectivity index (χ0) is 20.8. The van der Waals surface area contributed by atoms with Gasteiger partial charge >= 0.3 is 0 Å². The Hall–Kier alpha value is -3.74. The highest BCUT2D eigenvalue weighted by Gasteiger charge is 2.10. The maximum absolute atomic E-state index is 12.3. The van der Waals surface area contributed by atoms with Crippen LogP contribution >= 0.6 is 0 Å². The van der Waals surface area contributed by atoms with Crippen molar-refractivity contribution in [2.24, 2.45) is 0 Å². The summed E-state index contributed by atoms with van der Waals surface area (Å²) in [6, 6.07) is 21.6. The van der Waals surface area contributed by atoms with Crippen LogP contribution in [0.15, 0.2) is 66.7 Å². The summed E-state index contributed by atoms with van der Waals surface area (Å²) in [7, 11) is 0. The van der Waals surface area contributed by atoms with Gasteiger partial charge in [0.2, 0.25) is 0 Å². The minimum Gasteiger partial charge on any atom is -0.368 e. The molecule has 0 spiro atoms. The summed E-state index contributed by atoms with van der Waals surface area (Å²) in [5.74, 6) is 1.38. The summed E-state index contributed by atoms with van der Waals surface area (Å²) in [6.45, 7) is 3.21. The molecule has 152 valence electrons. The number of benzene rings is 2. The second-order valence-electron chi connectivity index (χ2n) is 7.14. The van der Waals surface area contributed by atoms with Gasteiger partial charge in [0.25, 0.3) is 5.91 Å². The molecular weight excluding hydrogens is 376 g/mol. The first-order chi connectivity index (χ1) is 14.7. The SMILES string of the molecule is Cc1cccc(C(=O)NCCc2nnc3ccc(NCCc4ccccc4)nn23)c1. The average Bonchev–Trinajstić information content (AvgIpc) is 3.17. The molecule has 4 rings (SSSR count). The Balaban J connectivity index is 1.35. The van der Waals surface area contributed by atoms with Crippen LogP contribution in [0.4, 0.5) is 5.82 Å². The molecule has 30 heavy (non-hydrogen) atoms. The van der Waals surface area contributed by atoms with E-state index in [2.05, 4.69) is 38.1 Å². The van der Waals surface area contributed by atoms with Crippen LogP contribution in [0.2, 0.25) is 0 Å². The third-order valence-electron chi connectivity index (χ3n) is 4.80. The molecule has 0 atom stereocenters. The highest BCUT2D eigenvalue weighted by Crippen LogP contribution is 2.09. The zero-order valence-electron chi connectivity index (χ0n) is 16.9. The van der Waals surface area contributed by atoms with Crippen LogP contribution in [-0.2, 0) is 12.8 Å². The molecule has 0 radical (unpaired) electrons. The van der Waals surface area contributed by atoms with E-state index in [9.17, 15) is 4.79 Å². The molecule has 0 saturated carbocycles. The lowest BCUT2D eigenvalue weighted by molar-refractivity contribution is 0.0954. The quantitative estimate of drug-likeness (QED) is 0.475. The van der Waals surface area contributed by atoms with Crippen LogP contribution in [-0.4, -0.2) is 38.8 Å². The summed E-state index contributed by atoms with van der Waals surface area (Å²) in [5, 5.41) is 19.3. The van der Waals surface area contributed by atoms with Crippen molar-refractivity contribution >= 4 is 17.4 Å². The fourth-order valence-electron chi connectivity index (χ4n) is 3.24. The maximum atomic E-state index is 12.3. The van der Waals surface area contributed by atoms with Crippen molar-refractivity contribution in [1.29, 1.82) is 0 Å². The Bertz CT molecular complexity index is 1140. The third-order valence-corrected chi connectivity index (χ3v) is 4.80. The number of nitrogens with zero attached hydrogens (tertiary/aromatic N) is 4. The van der Waals surface area contributed by atoms with Crippen molar-refractivity contribution in [3.8, 4) is 0 Å². The number of fused-ring (bicyclic) bond motifs is 1. The maximum Gasteiger partial charge on any atom is 0.251 e. The van der Waals surface area contributed by atoms with Crippen LogP contribution in [0.1, 0.15) is 27.3 Å². The van der Waals surface area contributed by atoms with E-state index in [0.29, 0.717) is 30.0 Å². The molecule has 7 nitrogen and oxygen atoms in total. The van der Waals surface area contributed by atoms with Gasteiger partial charge in [-0.15, -0.1) is 15.3 Å². The number of carbonyl (C=O) groups excluding carboxylic acids is 1. The van der Waals surface area contributed by atoms with Crippen LogP contribution in [0, 0.1) is 6.92 Å². The van der Waals surface area contributed by atoms with Crippen LogP contribution in [0.25, 0.3) is 5.65 Å². The van der Waals surface area contributed by atoms with E-state index in [4.69, 9.17) is 0 Å². The molecule has 2 aromatic carbocycles. The Morgan fingerprint density at radius 2 is 1.80 bits per heavy atom. The van der Waals surface area contributed by atoms with Gasteiger partial charge in [0.05, 0.1) is 0 Å². The molecule has 0 saturated heterocycles. The molecule has 1 amide bonds. The molecule has 2 N–H and O–H groups in total. The Morgan fingerprint density at radius 3 is 2.63 bits per heavy atom. The second-order valence-corrected chi connectivity index (χ2v) is 7.14. The number of amides is 1. The number of nitrogens with one attached hydrogen (secondary N) is 2. The first-order valence-corrected chi connectivity index (χ1v) is 10.0. The van der Waals surface area contributed by atoms with E-state index < -0.39 is 0 Å². The summed E-state index contributed by atoms with van der Waals surface area (Å²) < 4.78 is 1.73. The molecule has 4 aromatic rings. The number of anilines is 1. The summed E-state index contributed by atoms with van der Waals surface area (Å²) in [5.41, 5.74) is 3.68. The van der Waals surface area contributed by atoms with Crippen molar-refractivity contribution < 1.29 is 4.79 Å². The lowest BCUT2D eigenvalue weighted by Gasteiger charge is -2.07. The normalized spacial score (nSPS) is 10.8. The fraction of sp³-hybridized carbons (Fsp3) is 0.217. The van der Waals surface area contributed by atoms with Gasteiger partial charge in [0, 0.05) is 25.1 Å². The van der Waals surface area contributed by atoms with E-state index >= 15 is 0 Å². The van der Waals surface area contributed by atoms with Crippen molar-refractivity contribution in [2.75, 3.05) is 18.4 Å². The van der Waals surface area contributed by atoms with Crippen molar-refractivity contribution in [2.45, 2.75) is 19.8 Å². The Morgan fingerprint density at radius 1 is 0.933 bits per heavy atom. The number of aromatic nitrogens is 4. The van der Waals surface area contributed by atoms with Gasteiger partial charge in [-0.3, -0.25) is 4.79 Å². The molecular formula is C23H24N6O. The topological polar surface area (TPSA) is 84.2 Å². The van der Waals surface area contributed by atoms with Crippen molar-refractivity contribution in [3.05, 3.63) is 89.2 Å². The van der Waals surface area contributed by atoms with E-state index in [1.807, 2.05) is 61.5 Å². The summed E-state index contributed by atoms with van der Waals surface area (Å²) in [6.07, 6.45) is 1.46. The van der Waals surface area contributed by atoms with Crippen molar-refractivity contribution in [1.82, 2.24) is 25.1 Å². The molecule has 0 fully saturated rings. The summed E-state index contributed by atoms with van der Waals surface area (Å²) >= 11 is 0. The van der Waals surface area contributed by atoms with E-state index in [0.717, 1.165) is 24.3 Å². The Labute approximate surface area is 175 Å². The first-order valence-electron chi connectivity index (χ1n) is 10.0. The van der Waals surface area contributed by atoms with Gasteiger partial charge < -0.3 is 10.6 Å². The minimum atomic E-state index is -0.0938. The highest BCUT2D eigenvalue weighted by atomic mass is 16.1. The monoisotopic (exact) mass is 400 g/mol. The molecule has 2 aromatic heterocycles. The third kappa shape index (κ3) is 4.81. The van der Waals surface area contributed by atoms with E-state index in [1.165, 1.54) is 5.56 Å². The van der Waals surface area contributed by atoms with Crippen LogP contribution < -0.4 is 10.6 Å². The van der Waals surface area contributed by atoms with Gasteiger partial charge in [-0.2, -0.15) is 4.52 Å². The van der Waals surface area contributed by atoms with Crippen molar-refractivity contribution in [3.63, 3.8) is 0 Å². The molecule has 7 heteroatoms. The zero-order valence-corrected chi connectivity index (χ0v) is 16.9. The average molecular weight is 400 g/mol. The number of rotatable bonds is 8. The standard InChI is InChI=1S/C23H24N6O/c1-17-6-5-9-19(16-17)23(30)25-15-13-22-27-26-21-11-10-20(28-29(21)22)24-14-12-18-7-3-2-4-8-18/h2-11,16H,12-15H2,1H3,(H,24,28)(H,25,30). The lowest BCUT2D eigenvalue weighted by atomic mass is 10.1. The van der Waals surface area contributed by atoms with Crippen LogP contribution in [0.5, 0.6) is 0 Å². The number of hydrogen-bond donors (Lipinski definition) is 2. The van der Waals surface area contributed by atoms with E-state index in [-0.39, 0.29) is 5.91 Å². The largest absolute Gasteiger partial charge is 0.368 e. The summed E-state index contributed by atoms with van der Waals surface area (Å²) in [4.78, 5) is 12.3. The van der Waals surface area contributed by atoms with Crippen LogP contribution in [0.3, 0.4) is 0 Å². The van der Waals surface area contributed by atoms with Gasteiger partial charge in [-0.25, -0.2) is 0 Å². The Kier molecular flexibility index (Phi) is 5.98. The van der Waals surface area contributed by atoms with Gasteiger partial charge in [0.1, 0.15) is 5.82 Å². The predicted molar refractivity (Wildman–Crippen MR) is 117 cm³/mol. The van der Waals surface area contributed by atoms with Gasteiger partial charge in [-0.1, -0.05) is 48.0 Å². The van der Waals surface area contributed by atoms with Gasteiger partial charge in [0.15, 0.2) is 11.5 Å². The molecule has 2 heterocycles. The predicted octanol–water partition coefficient (Wildman–Crippen LogP) is 3.06. The highest BCUT2D eigenvalue weighted by molar-refractivity contribution is 5.94. The van der Waals surface area contributed by atoms with E-state index in [1.54, 1.807) is 4.52 Å². The second kappa shape index (κ2) is 9.17. The molecule has 0 unspecified atom stereocenters. The minimum absolute atomic E-state index is 0.0938. The molecule has 0 aliphatic rings. The smallest absolute Gasteiger partial charge is 0.251 e. The molecule has 0 bridgehead atoms. The fourth-order valence-corrected chi connectivity index (χ4v) is 3.24. The number of hydrogen-bond acceptors (Lipinski definition) is 5.